The Morgan fingerprint density at radius 1 is 1.29 bits per heavy atom. The van der Waals surface area contributed by atoms with Crippen LogP contribution < -0.4 is 10.1 Å². The smallest absolute Gasteiger partial charge is 0.255 e. The number of halogens is 1. The van der Waals surface area contributed by atoms with Crippen LogP contribution in [0.25, 0.3) is 11.0 Å². The summed E-state index contributed by atoms with van der Waals surface area (Å²) in [6.45, 7) is 5.83. The standard InChI is InChI=1S/C22H24N2O4.C2H5I/c1-15-21(22(26)23-17-9-10-24(12-17)14-25)19-11-18(7-8-20(19)28-15)27-13-16-5-3-2-4-6-16;1-2-3/h2-8,11,17,25H,9-10,12-14H2,1H3,(H,23,26);2H2,1H3. The van der Waals surface area contributed by atoms with E-state index < -0.39 is 0 Å². The zero-order valence-electron chi connectivity index (χ0n) is 17.9. The van der Waals surface area contributed by atoms with Crippen molar-refractivity contribution in [2.75, 3.05) is 24.2 Å². The van der Waals surface area contributed by atoms with Crippen molar-refractivity contribution in [2.24, 2.45) is 0 Å². The lowest BCUT2D eigenvalue weighted by Crippen LogP contribution is -2.37. The van der Waals surface area contributed by atoms with Gasteiger partial charge in [0.15, 0.2) is 0 Å². The van der Waals surface area contributed by atoms with Gasteiger partial charge >= 0.3 is 0 Å². The van der Waals surface area contributed by atoms with Gasteiger partial charge in [0.05, 0.1) is 12.3 Å². The lowest BCUT2D eigenvalue weighted by Gasteiger charge is -2.14. The summed E-state index contributed by atoms with van der Waals surface area (Å²) in [6.07, 6.45) is 0.826. The van der Waals surface area contributed by atoms with E-state index in [0.717, 1.165) is 23.9 Å². The van der Waals surface area contributed by atoms with Crippen LogP contribution in [0.5, 0.6) is 5.75 Å². The lowest BCUT2D eigenvalue weighted by atomic mass is 10.1. The molecule has 1 atom stereocenters. The quantitative estimate of drug-likeness (QED) is 0.358. The maximum absolute atomic E-state index is 12.9. The van der Waals surface area contributed by atoms with Gasteiger partial charge in [-0.3, -0.25) is 9.69 Å². The topological polar surface area (TPSA) is 74.9 Å². The summed E-state index contributed by atoms with van der Waals surface area (Å²) in [5.41, 5.74) is 2.29. The summed E-state index contributed by atoms with van der Waals surface area (Å²) in [4.78, 5) is 14.8. The van der Waals surface area contributed by atoms with Gasteiger partial charge in [-0.1, -0.05) is 59.8 Å². The number of hydrogen-bond acceptors (Lipinski definition) is 5. The Labute approximate surface area is 196 Å². The summed E-state index contributed by atoms with van der Waals surface area (Å²) >= 11 is 2.29. The number of aryl methyl sites for hydroxylation is 1. The minimum Gasteiger partial charge on any atom is -0.489 e. The minimum atomic E-state index is -0.152. The predicted octanol–water partition coefficient (Wildman–Crippen LogP) is 4.52. The van der Waals surface area contributed by atoms with E-state index in [9.17, 15) is 9.90 Å². The fourth-order valence-electron chi connectivity index (χ4n) is 3.65. The van der Waals surface area contributed by atoms with Gasteiger partial charge in [-0.15, -0.1) is 0 Å². The van der Waals surface area contributed by atoms with Gasteiger partial charge in [-0.05, 0) is 41.5 Å². The Morgan fingerprint density at radius 2 is 2.03 bits per heavy atom. The van der Waals surface area contributed by atoms with Gasteiger partial charge in [-0.25, -0.2) is 0 Å². The maximum Gasteiger partial charge on any atom is 0.255 e. The van der Waals surface area contributed by atoms with Crippen LogP contribution in [0.4, 0.5) is 0 Å². The highest BCUT2D eigenvalue weighted by Crippen LogP contribution is 2.29. The van der Waals surface area contributed by atoms with E-state index in [1.165, 1.54) is 4.43 Å². The highest BCUT2D eigenvalue weighted by molar-refractivity contribution is 14.1. The van der Waals surface area contributed by atoms with E-state index in [4.69, 9.17) is 9.15 Å². The van der Waals surface area contributed by atoms with Crippen LogP contribution in [-0.4, -0.2) is 46.2 Å². The van der Waals surface area contributed by atoms with Gasteiger partial charge in [0.2, 0.25) is 0 Å². The monoisotopic (exact) mass is 536 g/mol. The van der Waals surface area contributed by atoms with Crippen molar-refractivity contribution in [1.29, 1.82) is 0 Å². The van der Waals surface area contributed by atoms with E-state index in [-0.39, 0.29) is 18.7 Å². The number of benzene rings is 2. The van der Waals surface area contributed by atoms with Crippen molar-refractivity contribution in [1.82, 2.24) is 10.2 Å². The molecule has 0 saturated carbocycles. The molecule has 7 heteroatoms. The first-order valence-electron chi connectivity index (χ1n) is 10.5. The fraction of sp³-hybridized carbons (Fsp3) is 0.375. The van der Waals surface area contributed by atoms with E-state index in [1.807, 2.05) is 53.4 Å². The molecule has 1 amide bonds. The van der Waals surface area contributed by atoms with Crippen molar-refractivity contribution < 1.29 is 19.1 Å². The van der Waals surface area contributed by atoms with Crippen LogP contribution in [0, 0.1) is 6.92 Å². The number of rotatable bonds is 6. The Kier molecular flexibility index (Phi) is 8.74. The number of aliphatic hydroxyl groups excluding tert-OH is 1. The molecule has 4 rings (SSSR count). The predicted molar refractivity (Wildman–Crippen MR) is 131 cm³/mol. The van der Waals surface area contributed by atoms with Crippen LogP contribution in [0.1, 0.15) is 35.0 Å². The number of alkyl halides is 1. The first-order chi connectivity index (χ1) is 15.0. The Morgan fingerprint density at radius 3 is 2.71 bits per heavy atom. The summed E-state index contributed by atoms with van der Waals surface area (Å²) in [5.74, 6) is 1.13. The number of nitrogens with zero attached hydrogens (tertiary/aromatic N) is 1. The Bertz CT molecular complexity index is 990. The summed E-state index contributed by atoms with van der Waals surface area (Å²) in [7, 11) is 0. The second-order valence-corrected chi connectivity index (χ2v) is 8.94. The van der Waals surface area contributed by atoms with E-state index in [1.54, 1.807) is 6.92 Å². The summed E-state index contributed by atoms with van der Waals surface area (Å²) < 4.78 is 12.9. The zero-order chi connectivity index (χ0) is 22.2. The molecule has 0 radical (unpaired) electrons. The molecule has 1 aliphatic rings. The van der Waals surface area contributed by atoms with Gasteiger partial charge < -0.3 is 19.6 Å². The number of carbonyl (C=O) groups excluding carboxylic acids is 1. The third-order valence-corrected chi connectivity index (χ3v) is 5.12. The van der Waals surface area contributed by atoms with Crippen molar-refractivity contribution in [2.45, 2.75) is 32.9 Å². The number of ether oxygens (including phenoxy) is 1. The molecule has 0 bridgehead atoms. The number of furan rings is 1. The molecule has 3 aromatic rings. The molecule has 31 heavy (non-hydrogen) atoms. The number of aliphatic hydroxyl groups is 1. The SMILES string of the molecule is CCI.Cc1oc2ccc(OCc3ccccc3)cc2c1C(=O)NC1CCN(CO)C1. The average molecular weight is 536 g/mol. The van der Waals surface area contributed by atoms with Crippen molar-refractivity contribution in [3.63, 3.8) is 0 Å². The van der Waals surface area contributed by atoms with Crippen LogP contribution in [0.2, 0.25) is 0 Å². The summed E-state index contributed by atoms with van der Waals surface area (Å²) in [5, 5.41) is 13.0. The molecule has 1 unspecified atom stereocenters. The molecule has 166 valence electrons. The highest BCUT2D eigenvalue weighted by atomic mass is 127. The second kappa shape index (κ2) is 11.5. The number of likely N-dealkylation sites (tertiary alicyclic amines) is 1. The Hall–Kier alpha value is -2.10. The molecule has 1 aromatic heterocycles. The summed E-state index contributed by atoms with van der Waals surface area (Å²) in [6, 6.07) is 15.5. The maximum atomic E-state index is 12.9. The Balaban J connectivity index is 0.000000858. The van der Waals surface area contributed by atoms with E-state index >= 15 is 0 Å². The van der Waals surface area contributed by atoms with Crippen LogP contribution in [-0.2, 0) is 6.61 Å². The average Bonchev–Trinajstić information content (AvgIpc) is 3.36. The highest BCUT2D eigenvalue weighted by Gasteiger charge is 2.26. The molecular weight excluding hydrogens is 507 g/mol. The van der Waals surface area contributed by atoms with Crippen molar-refractivity contribution >= 4 is 39.5 Å². The molecule has 2 aromatic carbocycles. The zero-order valence-corrected chi connectivity index (χ0v) is 20.1. The molecular formula is C24H29IN2O4. The minimum absolute atomic E-state index is 0.0160. The molecule has 0 aliphatic carbocycles. The van der Waals surface area contributed by atoms with Crippen molar-refractivity contribution in [3.8, 4) is 5.75 Å². The van der Waals surface area contributed by atoms with Gasteiger partial charge in [-0.2, -0.15) is 0 Å². The molecule has 1 fully saturated rings. The van der Waals surface area contributed by atoms with E-state index in [0.29, 0.717) is 35.8 Å². The molecule has 1 saturated heterocycles. The van der Waals surface area contributed by atoms with E-state index in [2.05, 4.69) is 34.8 Å². The number of hydrogen-bond donors (Lipinski definition) is 2. The molecule has 2 heterocycles. The molecule has 0 spiro atoms. The number of nitrogens with one attached hydrogen (secondary N) is 1. The largest absolute Gasteiger partial charge is 0.489 e. The third-order valence-electron chi connectivity index (χ3n) is 5.12. The molecule has 6 nitrogen and oxygen atoms in total. The van der Waals surface area contributed by atoms with Gasteiger partial charge in [0.25, 0.3) is 5.91 Å². The third kappa shape index (κ3) is 6.21. The van der Waals surface area contributed by atoms with Crippen LogP contribution in [0.15, 0.2) is 52.9 Å². The van der Waals surface area contributed by atoms with Gasteiger partial charge in [0.1, 0.15) is 23.7 Å². The lowest BCUT2D eigenvalue weighted by molar-refractivity contribution is 0.0927. The fourth-order valence-corrected chi connectivity index (χ4v) is 3.65. The molecule has 2 N–H and O–H groups in total. The number of amides is 1. The van der Waals surface area contributed by atoms with Crippen LogP contribution >= 0.6 is 22.6 Å². The normalized spacial score (nSPS) is 16.1. The van der Waals surface area contributed by atoms with Gasteiger partial charge in [0, 0.05) is 24.5 Å². The van der Waals surface area contributed by atoms with Crippen LogP contribution in [0.3, 0.4) is 0 Å². The first kappa shape index (κ1) is 23.6. The first-order valence-corrected chi connectivity index (χ1v) is 12.0. The molecule has 1 aliphatic heterocycles. The second-order valence-electron chi connectivity index (χ2n) is 7.41. The number of fused-ring (bicyclic) bond motifs is 1. The number of carbonyl (C=O) groups is 1. The van der Waals surface area contributed by atoms with Crippen molar-refractivity contribution in [3.05, 3.63) is 65.4 Å².